The molecule has 37 heavy (non-hydrogen) atoms. The lowest BCUT2D eigenvalue weighted by Gasteiger charge is -2.16. The van der Waals surface area contributed by atoms with Crippen LogP contribution in [-0.4, -0.2) is 35.4 Å². The van der Waals surface area contributed by atoms with E-state index in [0.717, 1.165) is 43.5 Å². The van der Waals surface area contributed by atoms with Crippen molar-refractivity contribution in [2.75, 3.05) is 13.1 Å². The van der Waals surface area contributed by atoms with Crippen LogP contribution in [0.5, 0.6) is 0 Å². The second-order valence-corrected chi connectivity index (χ2v) is 12.2. The van der Waals surface area contributed by atoms with Gasteiger partial charge in [0.05, 0.1) is 27.1 Å². The van der Waals surface area contributed by atoms with Crippen molar-refractivity contribution in [3.05, 3.63) is 53.1 Å². The highest BCUT2D eigenvalue weighted by Crippen LogP contribution is 2.40. The standard InChI is InChI=1S/C24H23F6N3O2S2/c25-23(26,27)17-6-5-16(19(11-17)24(28,29)30)14-36-22-31-20-12-18(37(34,35)32-9-1-2-10-32)7-8-21(20)33(22)13-15-3-4-15/h5-8,11-12,15H,1-4,9-10,13-14H2. The van der Waals surface area contributed by atoms with E-state index < -0.39 is 33.5 Å². The highest BCUT2D eigenvalue weighted by molar-refractivity contribution is 7.98. The predicted octanol–water partition coefficient (Wildman–Crippen LogP) is 6.56. The maximum atomic E-state index is 13.6. The molecule has 1 saturated carbocycles. The number of nitrogens with zero attached hydrogens (tertiary/aromatic N) is 3. The van der Waals surface area contributed by atoms with Crippen LogP contribution in [0.15, 0.2) is 46.5 Å². The van der Waals surface area contributed by atoms with Gasteiger partial charge in [-0.1, -0.05) is 17.8 Å². The van der Waals surface area contributed by atoms with Crippen molar-refractivity contribution < 1.29 is 34.8 Å². The third-order valence-corrected chi connectivity index (χ3v) is 9.54. The predicted molar refractivity (Wildman–Crippen MR) is 126 cm³/mol. The number of aromatic nitrogens is 2. The summed E-state index contributed by atoms with van der Waals surface area (Å²) in [5, 5.41) is 0.394. The van der Waals surface area contributed by atoms with Gasteiger partial charge < -0.3 is 4.57 Å². The zero-order valence-electron chi connectivity index (χ0n) is 19.4. The van der Waals surface area contributed by atoms with Crippen LogP contribution in [0.1, 0.15) is 42.4 Å². The second kappa shape index (κ2) is 9.49. The number of benzene rings is 2. The molecule has 3 aromatic rings. The van der Waals surface area contributed by atoms with Gasteiger partial charge in [-0.25, -0.2) is 13.4 Å². The average Bonchev–Trinajstić information content (AvgIpc) is 3.33. The average molecular weight is 564 g/mol. The van der Waals surface area contributed by atoms with Gasteiger partial charge in [-0.2, -0.15) is 30.6 Å². The third kappa shape index (κ3) is 5.49. The Balaban J connectivity index is 1.48. The van der Waals surface area contributed by atoms with Crippen LogP contribution >= 0.6 is 11.8 Å². The molecule has 5 nitrogen and oxygen atoms in total. The summed E-state index contributed by atoms with van der Waals surface area (Å²) < 4.78 is 109. The Morgan fingerprint density at radius 3 is 2.27 bits per heavy atom. The monoisotopic (exact) mass is 563 g/mol. The van der Waals surface area contributed by atoms with E-state index in [9.17, 15) is 34.8 Å². The molecule has 1 aliphatic heterocycles. The topological polar surface area (TPSA) is 55.2 Å². The normalized spacial score (nSPS) is 17.7. The maximum absolute atomic E-state index is 13.6. The Bertz CT molecular complexity index is 1420. The molecule has 2 fully saturated rings. The van der Waals surface area contributed by atoms with E-state index in [4.69, 9.17) is 0 Å². The minimum Gasteiger partial charge on any atom is -0.319 e. The number of thioether (sulfide) groups is 1. The van der Waals surface area contributed by atoms with Gasteiger partial charge >= 0.3 is 12.4 Å². The molecular weight excluding hydrogens is 540 g/mol. The molecule has 2 heterocycles. The number of halogens is 6. The van der Waals surface area contributed by atoms with E-state index in [1.165, 1.54) is 16.4 Å². The van der Waals surface area contributed by atoms with Crippen LogP contribution < -0.4 is 0 Å². The molecule has 0 unspecified atom stereocenters. The van der Waals surface area contributed by atoms with Gasteiger partial charge in [0.2, 0.25) is 10.0 Å². The summed E-state index contributed by atoms with van der Waals surface area (Å²) in [6, 6.07) is 6.31. The number of alkyl halides is 6. The molecule has 0 N–H and O–H groups in total. The lowest BCUT2D eigenvalue weighted by molar-refractivity contribution is -0.143. The van der Waals surface area contributed by atoms with Crippen molar-refractivity contribution in [2.45, 2.75) is 60.4 Å². The fourth-order valence-electron chi connectivity index (χ4n) is 4.46. The molecule has 1 aliphatic carbocycles. The first-order valence-corrected chi connectivity index (χ1v) is 14.2. The van der Waals surface area contributed by atoms with Crippen LogP contribution in [0.25, 0.3) is 11.0 Å². The molecule has 5 rings (SSSR count). The quantitative estimate of drug-likeness (QED) is 0.241. The summed E-state index contributed by atoms with van der Waals surface area (Å²) >= 11 is 0.989. The fraction of sp³-hybridized carbons (Fsp3) is 0.458. The van der Waals surface area contributed by atoms with Crippen molar-refractivity contribution >= 4 is 32.8 Å². The van der Waals surface area contributed by atoms with E-state index in [1.54, 1.807) is 6.07 Å². The van der Waals surface area contributed by atoms with Crippen molar-refractivity contribution in [2.24, 2.45) is 5.92 Å². The number of hydrogen-bond acceptors (Lipinski definition) is 4. The Labute approximate surface area is 213 Å². The summed E-state index contributed by atoms with van der Waals surface area (Å²) in [6.07, 6.45) is -6.25. The molecule has 2 aromatic carbocycles. The van der Waals surface area contributed by atoms with Gasteiger partial charge in [-0.05, 0) is 67.5 Å². The molecule has 0 radical (unpaired) electrons. The molecule has 0 spiro atoms. The lowest BCUT2D eigenvalue weighted by Crippen LogP contribution is -2.27. The van der Waals surface area contributed by atoms with E-state index in [2.05, 4.69) is 4.98 Å². The van der Waals surface area contributed by atoms with E-state index >= 15 is 0 Å². The van der Waals surface area contributed by atoms with Crippen LogP contribution in [0.4, 0.5) is 26.3 Å². The minimum absolute atomic E-state index is 0.108. The largest absolute Gasteiger partial charge is 0.416 e. The molecular formula is C24H23F6N3O2S2. The van der Waals surface area contributed by atoms with Crippen LogP contribution in [0.2, 0.25) is 0 Å². The van der Waals surface area contributed by atoms with Gasteiger partial charge in [0.1, 0.15) is 0 Å². The Morgan fingerprint density at radius 1 is 0.946 bits per heavy atom. The molecule has 0 atom stereocenters. The molecule has 13 heteroatoms. The zero-order valence-corrected chi connectivity index (χ0v) is 21.1. The first-order chi connectivity index (χ1) is 17.3. The van der Waals surface area contributed by atoms with Gasteiger partial charge in [0.15, 0.2) is 5.16 Å². The maximum Gasteiger partial charge on any atom is 0.416 e. The summed E-state index contributed by atoms with van der Waals surface area (Å²) in [7, 11) is -3.68. The van der Waals surface area contributed by atoms with Crippen molar-refractivity contribution in [3.8, 4) is 0 Å². The number of fused-ring (bicyclic) bond motifs is 1. The Kier molecular flexibility index (Phi) is 6.76. The van der Waals surface area contributed by atoms with Gasteiger partial charge in [0.25, 0.3) is 0 Å². The van der Waals surface area contributed by atoms with E-state index in [-0.39, 0.29) is 22.3 Å². The SMILES string of the molecule is O=S(=O)(c1ccc2c(c1)nc(SCc1ccc(C(F)(F)F)cc1C(F)(F)F)n2CC1CC1)N1CCCC1. The lowest BCUT2D eigenvalue weighted by atomic mass is 10.0. The van der Waals surface area contributed by atoms with Crippen molar-refractivity contribution in [1.29, 1.82) is 0 Å². The summed E-state index contributed by atoms with van der Waals surface area (Å²) in [6.45, 7) is 1.48. The molecule has 2 aliphatic rings. The Morgan fingerprint density at radius 2 is 1.65 bits per heavy atom. The third-order valence-electron chi connectivity index (χ3n) is 6.62. The van der Waals surface area contributed by atoms with Crippen LogP contribution in [-0.2, 0) is 34.7 Å². The first-order valence-electron chi connectivity index (χ1n) is 11.7. The van der Waals surface area contributed by atoms with Crippen molar-refractivity contribution in [1.82, 2.24) is 13.9 Å². The van der Waals surface area contributed by atoms with E-state index in [0.29, 0.717) is 47.8 Å². The molecule has 0 amide bonds. The van der Waals surface area contributed by atoms with Gasteiger partial charge in [-0.3, -0.25) is 0 Å². The van der Waals surface area contributed by atoms with Gasteiger partial charge in [0, 0.05) is 25.4 Å². The molecule has 0 bridgehead atoms. The highest BCUT2D eigenvalue weighted by atomic mass is 32.2. The smallest absolute Gasteiger partial charge is 0.319 e. The molecule has 200 valence electrons. The first kappa shape index (κ1) is 26.4. The summed E-state index contributed by atoms with van der Waals surface area (Å²) in [5.74, 6) is 0.140. The molecule has 1 aromatic heterocycles. The fourth-order valence-corrected chi connectivity index (χ4v) is 7.02. The van der Waals surface area contributed by atoms with Crippen LogP contribution in [0.3, 0.4) is 0 Å². The van der Waals surface area contributed by atoms with Crippen LogP contribution in [0, 0.1) is 5.92 Å². The number of imidazole rings is 1. The zero-order chi connectivity index (χ0) is 26.6. The van der Waals surface area contributed by atoms with Crippen molar-refractivity contribution in [3.63, 3.8) is 0 Å². The van der Waals surface area contributed by atoms with E-state index in [1.807, 2.05) is 4.57 Å². The summed E-state index contributed by atoms with van der Waals surface area (Å²) in [5.41, 5.74) is -1.90. The number of hydrogen-bond donors (Lipinski definition) is 0. The van der Waals surface area contributed by atoms with Gasteiger partial charge in [-0.15, -0.1) is 0 Å². The second-order valence-electron chi connectivity index (χ2n) is 9.37. The molecule has 1 saturated heterocycles. The Hall–Kier alpha value is -2.25. The highest BCUT2D eigenvalue weighted by Gasteiger charge is 2.38. The number of rotatable bonds is 7. The number of sulfonamides is 1. The minimum atomic E-state index is -4.95. The summed E-state index contributed by atoms with van der Waals surface area (Å²) in [4.78, 5) is 4.65.